The van der Waals surface area contributed by atoms with E-state index in [1.807, 2.05) is 32.6 Å². The van der Waals surface area contributed by atoms with Crippen molar-refractivity contribution in [3.05, 3.63) is 41.7 Å². The van der Waals surface area contributed by atoms with Crippen LogP contribution in [0.15, 0.2) is 30.3 Å². The summed E-state index contributed by atoms with van der Waals surface area (Å²) in [6.45, 7) is 11.4. The molecule has 2 fully saturated rings. The lowest BCUT2D eigenvalue weighted by Crippen LogP contribution is -2.44. The third kappa shape index (κ3) is 5.92. The second-order valence-corrected chi connectivity index (χ2v) is 13.1. The van der Waals surface area contributed by atoms with Gasteiger partial charge in [0.1, 0.15) is 17.4 Å². The van der Waals surface area contributed by atoms with Crippen molar-refractivity contribution in [2.24, 2.45) is 11.8 Å². The van der Waals surface area contributed by atoms with Crippen LogP contribution in [0.5, 0.6) is 5.75 Å². The fourth-order valence-electron chi connectivity index (χ4n) is 5.13. The van der Waals surface area contributed by atoms with Gasteiger partial charge in [0.15, 0.2) is 5.25 Å². The van der Waals surface area contributed by atoms with Gasteiger partial charge in [-0.1, -0.05) is 20.8 Å². The van der Waals surface area contributed by atoms with Gasteiger partial charge in [-0.25, -0.2) is 22.5 Å². The molecule has 2 N–H and O–H groups in total. The monoisotopic (exact) mass is 546 g/mol. The number of aromatic nitrogens is 1. The first-order valence-electron chi connectivity index (χ1n) is 12.8. The van der Waals surface area contributed by atoms with Gasteiger partial charge in [0.25, 0.3) is 5.91 Å². The van der Waals surface area contributed by atoms with Gasteiger partial charge < -0.3 is 15.0 Å². The number of pyridine rings is 1. The molecule has 38 heavy (non-hydrogen) atoms. The van der Waals surface area contributed by atoms with E-state index in [2.05, 4.69) is 17.0 Å². The summed E-state index contributed by atoms with van der Waals surface area (Å²) < 4.78 is 48.0. The Balaban J connectivity index is 1.74. The molecule has 2 unspecified atom stereocenters. The van der Waals surface area contributed by atoms with Crippen LogP contribution in [-0.2, 0) is 14.8 Å². The maximum Gasteiger partial charge on any atom is 0.268 e. The first-order valence-corrected chi connectivity index (χ1v) is 14.4. The topological polar surface area (TPSA) is 118 Å². The molecule has 4 rings (SSSR count). The summed E-state index contributed by atoms with van der Waals surface area (Å²) in [5, 5.41) is 1.15. The zero-order valence-electron chi connectivity index (χ0n) is 22.4. The van der Waals surface area contributed by atoms with Crippen molar-refractivity contribution in [1.29, 1.82) is 0 Å². The Hall–Kier alpha value is -3.21. The quantitative estimate of drug-likeness (QED) is 0.520. The fraction of sp³-hybridized carbons (Fsp3) is 0.519. The van der Waals surface area contributed by atoms with Gasteiger partial charge in [-0.2, -0.15) is 0 Å². The van der Waals surface area contributed by atoms with Crippen molar-refractivity contribution in [3.8, 4) is 17.0 Å². The molecular weight excluding hydrogens is 511 g/mol. The zero-order valence-corrected chi connectivity index (χ0v) is 23.2. The average Bonchev–Trinajstić information content (AvgIpc) is 3.38. The molecule has 11 heteroatoms. The molecule has 206 valence electrons. The van der Waals surface area contributed by atoms with E-state index in [9.17, 15) is 22.4 Å². The predicted octanol–water partition coefficient (Wildman–Crippen LogP) is 3.50. The van der Waals surface area contributed by atoms with Crippen LogP contribution in [0, 0.1) is 17.7 Å². The van der Waals surface area contributed by atoms with E-state index in [4.69, 9.17) is 9.72 Å². The smallest absolute Gasteiger partial charge is 0.268 e. The number of hydrogen-bond donors (Lipinski definition) is 2. The van der Waals surface area contributed by atoms with Gasteiger partial charge in [-0.05, 0) is 62.8 Å². The zero-order chi connectivity index (χ0) is 27.8. The van der Waals surface area contributed by atoms with Crippen LogP contribution < -0.4 is 19.7 Å². The van der Waals surface area contributed by atoms with E-state index in [-0.39, 0.29) is 30.0 Å². The van der Waals surface area contributed by atoms with Crippen molar-refractivity contribution in [1.82, 2.24) is 15.0 Å². The van der Waals surface area contributed by atoms with E-state index in [1.54, 1.807) is 12.1 Å². The summed E-state index contributed by atoms with van der Waals surface area (Å²) >= 11 is 0. The highest BCUT2D eigenvalue weighted by molar-refractivity contribution is 7.91. The Morgan fingerprint density at radius 3 is 2.63 bits per heavy atom. The van der Waals surface area contributed by atoms with E-state index in [0.717, 1.165) is 6.42 Å². The summed E-state index contributed by atoms with van der Waals surface area (Å²) in [5.41, 5.74) is 0.583. The largest absolute Gasteiger partial charge is 0.493 e. The SMILES string of the molecule is CC(C)COc1cc(F)cc(-c2ccc(C(=O)NS(=O)(=O)C3CCNC3=O)c(N3CC(C)CC3(C)C)n2)c1. The van der Waals surface area contributed by atoms with Crippen LogP contribution in [0.25, 0.3) is 11.3 Å². The third-order valence-corrected chi connectivity index (χ3v) is 8.48. The Labute approximate surface area is 223 Å². The number of carbonyl (C=O) groups is 2. The van der Waals surface area contributed by atoms with Crippen LogP contribution in [0.1, 0.15) is 57.8 Å². The molecule has 2 saturated heterocycles. The lowest BCUT2D eigenvalue weighted by atomic mass is 9.97. The molecule has 1 aromatic heterocycles. The highest BCUT2D eigenvalue weighted by Gasteiger charge is 2.41. The summed E-state index contributed by atoms with van der Waals surface area (Å²) in [7, 11) is -4.25. The van der Waals surface area contributed by atoms with Crippen LogP contribution in [-0.4, -0.2) is 55.7 Å². The second kappa shape index (κ2) is 10.5. The first-order chi connectivity index (χ1) is 17.8. The molecule has 0 radical (unpaired) electrons. The molecule has 0 aliphatic carbocycles. The third-order valence-electron chi connectivity index (χ3n) is 6.81. The number of anilines is 1. The van der Waals surface area contributed by atoms with Crippen molar-refractivity contribution >= 4 is 27.7 Å². The van der Waals surface area contributed by atoms with Gasteiger partial charge >= 0.3 is 0 Å². The maximum atomic E-state index is 14.5. The van der Waals surface area contributed by atoms with Crippen LogP contribution in [0.4, 0.5) is 10.2 Å². The Kier molecular flexibility index (Phi) is 7.69. The molecule has 2 amide bonds. The normalized spacial score (nSPS) is 21.0. The number of benzene rings is 1. The molecular formula is C27H35FN4O5S. The number of rotatable bonds is 8. The number of nitrogens with zero attached hydrogens (tertiary/aromatic N) is 2. The number of nitrogens with one attached hydrogen (secondary N) is 2. The summed E-state index contributed by atoms with van der Waals surface area (Å²) in [6.07, 6.45) is 0.927. The standard InChI is InChI=1S/C27H35FN4O5S/c1-16(2)15-37-20-11-18(10-19(28)12-20)22-7-6-21(24(30-22)32-14-17(3)13-27(32,4)5)25(33)31-38(35,36)23-8-9-29-26(23)34/h6-7,10-12,16-17,23H,8-9,13-15H2,1-5H3,(H,29,34)(H,31,33). The number of carbonyl (C=O) groups excluding carboxylic acids is 2. The lowest BCUT2D eigenvalue weighted by Gasteiger charge is -2.34. The summed E-state index contributed by atoms with van der Waals surface area (Å²) in [4.78, 5) is 32.1. The van der Waals surface area contributed by atoms with Gasteiger partial charge in [0.05, 0.1) is 17.9 Å². The second-order valence-electron chi connectivity index (χ2n) is 11.2. The maximum absolute atomic E-state index is 14.5. The number of halogens is 1. The molecule has 3 heterocycles. The van der Waals surface area contributed by atoms with Gasteiger partial charge in [-0.3, -0.25) is 9.59 Å². The molecule has 2 atom stereocenters. The Bertz CT molecular complexity index is 1340. The predicted molar refractivity (Wildman–Crippen MR) is 143 cm³/mol. The van der Waals surface area contributed by atoms with Gasteiger partial charge in [0, 0.05) is 30.3 Å². The van der Waals surface area contributed by atoms with Crippen molar-refractivity contribution in [2.75, 3.05) is 24.6 Å². The summed E-state index contributed by atoms with van der Waals surface area (Å²) in [6, 6.07) is 7.40. The molecule has 2 aliphatic heterocycles. The lowest BCUT2D eigenvalue weighted by molar-refractivity contribution is -0.118. The van der Waals surface area contributed by atoms with Crippen molar-refractivity contribution in [3.63, 3.8) is 0 Å². The minimum absolute atomic E-state index is 0.0607. The Morgan fingerprint density at radius 2 is 2.03 bits per heavy atom. The molecule has 0 bridgehead atoms. The van der Waals surface area contributed by atoms with E-state index >= 15 is 0 Å². The fourth-order valence-corrected chi connectivity index (χ4v) is 6.44. The highest BCUT2D eigenvalue weighted by atomic mass is 32.2. The van der Waals surface area contributed by atoms with Crippen molar-refractivity contribution in [2.45, 2.75) is 58.2 Å². The summed E-state index contributed by atoms with van der Waals surface area (Å²) in [5.74, 6) is -0.742. The number of hydrogen-bond acceptors (Lipinski definition) is 7. The molecule has 9 nitrogen and oxygen atoms in total. The van der Waals surface area contributed by atoms with E-state index < -0.39 is 32.9 Å². The number of ether oxygens (including phenoxy) is 1. The van der Waals surface area contributed by atoms with Crippen LogP contribution in [0.2, 0.25) is 0 Å². The highest BCUT2D eigenvalue weighted by Crippen LogP contribution is 2.38. The van der Waals surface area contributed by atoms with E-state index in [1.165, 1.54) is 18.2 Å². The molecule has 2 aromatic rings. The van der Waals surface area contributed by atoms with Crippen LogP contribution in [0.3, 0.4) is 0 Å². The van der Waals surface area contributed by atoms with Gasteiger partial charge in [0.2, 0.25) is 15.9 Å². The molecule has 2 aliphatic rings. The number of amides is 2. The van der Waals surface area contributed by atoms with E-state index in [0.29, 0.717) is 41.9 Å². The minimum atomic E-state index is -4.25. The molecule has 0 spiro atoms. The van der Waals surface area contributed by atoms with Crippen molar-refractivity contribution < 1.29 is 27.1 Å². The van der Waals surface area contributed by atoms with Gasteiger partial charge in [-0.15, -0.1) is 0 Å². The molecule has 1 aromatic carbocycles. The van der Waals surface area contributed by atoms with Crippen LogP contribution >= 0.6 is 0 Å². The number of sulfonamides is 1. The molecule has 0 saturated carbocycles. The minimum Gasteiger partial charge on any atom is -0.493 e. The first kappa shape index (κ1) is 27.8. The average molecular weight is 547 g/mol. The Morgan fingerprint density at radius 1 is 1.29 bits per heavy atom.